The molecule has 0 aromatic carbocycles. The van der Waals surface area contributed by atoms with Crippen LogP contribution in [0.2, 0.25) is 0 Å². The summed E-state index contributed by atoms with van der Waals surface area (Å²) in [6, 6.07) is 0. The van der Waals surface area contributed by atoms with Gasteiger partial charge in [0.15, 0.2) is 12.0 Å². The van der Waals surface area contributed by atoms with Gasteiger partial charge in [-0.3, -0.25) is 4.57 Å². The van der Waals surface area contributed by atoms with Crippen LogP contribution in [0, 0.1) is 0 Å². The molecule has 11 nitrogen and oxygen atoms in total. The van der Waals surface area contributed by atoms with E-state index in [0.29, 0.717) is 0 Å². The highest BCUT2D eigenvalue weighted by molar-refractivity contribution is 5.49. The van der Waals surface area contributed by atoms with Crippen molar-refractivity contribution in [2.24, 2.45) is 0 Å². The molecule has 0 saturated carbocycles. The number of hydrogen-bond acceptors (Lipinski definition) is 9. The van der Waals surface area contributed by atoms with Gasteiger partial charge in [-0.05, 0) is 0 Å². The summed E-state index contributed by atoms with van der Waals surface area (Å²) in [6.07, 6.45) is -0.715. The quantitative estimate of drug-likeness (QED) is 0.463. The Morgan fingerprint density at radius 3 is 2.73 bits per heavy atom. The minimum Gasteiger partial charge on any atom is -0.394 e. The molecule has 1 fully saturated rings. The molecule has 0 amide bonds. The van der Waals surface area contributed by atoms with E-state index < -0.39 is 36.8 Å². The SMILES string of the molecule is Nc1nc(=O)n(C2OC(CO)C(O)C2O)cc1-n1ccnn1. The molecule has 11 heteroatoms. The smallest absolute Gasteiger partial charge is 0.351 e. The highest BCUT2D eigenvalue weighted by atomic mass is 16.6. The van der Waals surface area contributed by atoms with E-state index in [0.717, 1.165) is 4.57 Å². The summed E-state index contributed by atoms with van der Waals surface area (Å²) in [5, 5.41) is 36.2. The number of nitrogens with two attached hydrogens (primary N) is 1. The van der Waals surface area contributed by atoms with Gasteiger partial charge in [-0.2, -0.15) is 4.98 Å². The summed E-state index contributed by atoms with van der Waals surface area (Å²) in [7, 11) is 0. The predicted octanol–water partition coefficient (Wildman–Crippen LogP) is -2.98. The lowest BCUT2D eigenvalue weighted by molar-refractivity contribution is -0.0549. The lowest BCUT2D eigenvalue weighted by atomic mass is 10.1. The standard InChI is InChI=1S/C11H14N6O5/c12-9-5(17-2-1-13-15-17)3-16(11(21)14-9)10-8(20)7(19)6(4-18)22-10/h1-3,6-8,10,18-20H,4H2,(H2,12,14,21). The lowest BCUT2D eigenvalue weighted by Gasteiger charge is -2.18. The fourth-order valence-corrected chi connectivity index (χ4v) is 2.28. The van der Waals surface area contributed by atoms with Crippen molar-refractivity contribution in [3.05, 3.63) is 29.1 Å². The number of rotatable bonds is 3. The van der Waals surface area contributed by atoms with E-state index in [1.165, 1.54) is 23.3 Å². The highest BCUT2D eigenvalue weighted by Crippen LogP contribution is 2.28. The highest BCUT2D eigenvalue weighted by Gasteiger charge is 2.44. The van der Waals surface area contributed by atoms with E-state index >= 15 is 0 Å². The number of aliphatic hydroxyl groups is 3. The van der Waals surface area contributed by atoms with Crippen molar-refractivity contribution < 1.29 is 20.1 Å². The first kappa shape index (κ1) is 14.6. The number of hydrogen-bond donors (Lipinski definition) is 4. The first-order valence-electron chi connectivity index (χ1n) is 6.40. The van der Waals surface area contributed by atoms with Crippen LogP contribution >= 0.6 is 0 Å². The molecule has 4 unspecified atom stereocenters. The summed E-state index contributed by atoms with van der Waals surface area (Å²) < 4.78 is 7.58. The molecular formula is C11H14N6O5. The molecule has 22 heavy (non-hydrogen) atoms. The Bertz CT molecular complexity index is 716. The Hall–Kier alpha value is -2.34. The van der Waals surface area contributed by atoms with Gasteiger partial charge in [0.25, 0.3) is 0 Å². The topological polar surface area (TPSA) is 162 Å². The number of anilines is 1. The third-order valence-electron chi connectivity index (χ3n) is 3.42. The van der Waals surface area contributed by atoms with Crippen LogP contribution in [0.4, 0.5) is 5.82 Å². The maximum atomic E-state index is 12.0. The fourth-order valence-electron chi connectivity index (χ4n) is 2.28. The van der Waals surface area contributed by atoms with Gasteiger partial charge in [-0.1, -0.05) is 5.21 Å². The molecule has 0 aliphatic carbocycles. The average molecular weight is 310 g/mol. The van der Waals surface area contributed by atoms with E-state index in [4.69, 9.17) is 15.6 Å². The van der Waals surface area contributed by atoms with Gasteiger partial charge in [-0.15, -0.1) is 5.10 Å². The molecule has 1 aliphatic heterocycles. The van der Waals surface area contributed by atoms with E-state index in [2.05, 4.69) is 15.3 Å². The Kier molecular flexibility index (Phi) is 3.62. The second-order valence-electron chi connectivity index (χ2n) is 4.78. The second-order valence-corrected chi connectivity index (χ2v) is 4.78. The molecule has 2 aromatic rings. The molecule has 118 valence electrons. The van der Waals surface area contributed by atoms with Gasteiger partial charge in [0.05, 0.1) is 19.0 Å². The Labute approximate surface area is 123 Å². The van der Waals surface area contributed by atoms with Crippen molar-refractivity contribution in [3.63, 3.8) is 0 Å². The van der Waals surface area contributed by atoms with E-state index in [1.54, 1.807) is 0 Å². The molecule has 3 rings (SSSR count). The van der Waals surface area contributed by atoms with Gasteiger partial charge in [-0.25, -0.2) is 9.48 Å². The molecule has 1 saturated heterocycles. The molecule has 1 aliphatic rings. The molecule has 2 aromatic heterocycles. The van der Waals surface area contributed by atoms with E-state index in [1.807, 2.05) is 0 Å². The van der Waals surface area contributed by atoms with Crippen LogP contribution in [0.1, 0.15) is 6.23 Å². The first-order chi connectivity index (χ1) is 10.5. The lowest BCUT2D eigenvalue weighted by Crippen LogP contribution is -2.36. The Morgan fingerprint density at radius 2 is 2.14 bits per heavy atom. The number of aliphatic hydroxyl groups excluding tert-OH is 3. The Balaban J connectivity index is 2.05. The van der Waals surface area contributed by atoms with Crippen LogP contribution in [-0.2, 0) is 4.74 Å². The van der Waals surface area contributed by atoms with Crippen LogP contribution in [0.25, 0.3) is 5.69 Å². The van der Waals surface area contributed by atoms with Crippen LogP contribution in [0.3, 0.4) is 0 Å². The third kappa shape index (κ3) is 2.25. The van der Waals surface area contributed by atoms with Crippen molar-refractivity contribution in [1.29, 1.82) is 0 Å². The molecule has 0 spiro atoms. The van der Waals surface area contributed by atoms with Gasteiger partial charge in [0, 0.05) is 6.20 Å². The molecule has 3 heterocycles. The van der Waals surface area contributed by atoms with Crippen LogP contribution in [0.5, 0.6) is 0 Å². The van der Waals surface area contributed by atoms with Gasteiger partial charge >= 0.3 is 5.69 Å². The normalized spacial score (nSPS) is 28.1. The van der Waals surface area contributed by atoms with Gasteiger partial charge < -0.3 is 25.8 Å². The molecular weight excluding hydrogens is 296 g/mol. The number of nitrogens with zero attached hydrogens (tertiary/aromatic N) is 5. The van der Waals surface area contributed by atoms with Crippen molar-refractivity contribution in [2.75, 3.05) is 12.3 Å². The monoisotopic (exact) mass is 310 g/mol. The van der Waals surface area contributed by atoms with E-state index in [-0.39, 0.29) is 11.5 Å². The minimum atomic E-state index is -1.40. The summed E-state index contributed by atoms with van der Waals surface area (Å²) in [5.74, 6) is -0.0708. The second kappa shape index (κ2) is 5.46. The zero-order chi connectivity index (χ0) is 15.9. The van der Waals surface area contributed by atoms with Gasteiger partial charge in [0.1, 0.15) is 24.0 Å². The first-order valence-corrected chi connectivity index (χ1v) is 6.40. The number of aromatic nitrogens is 5. The third-order valence-corrected chi connectivity index (χ3v) is 3.42. The van der Waals surface area contributed by atoms with Gasteiger partial charge in [0.2, 0.25) is 0 Å². The van der Waals surface area contributed by atoms with Crippen LogP contribution in [0.15, 0.2) is 23.4 Å². The van der Waals surface area contributed by atoms with Crippen molar-refractivity contribution in [3.8, 4) is 5.69 Å². The summed E-state index contributed by atoms with van der Waals surface area (Å²) in [6.45, 7) is -0.498. The number of ether oxygens (including phenoxy) is 1. The molecule has 0 radical (unpaired) electrons. The maximum Gasteiger partial charge on any atom is 0.351 e. The minimum absolute atomic E-state index is 0.0708. The zero-order valence-electron chi connectivity index (χ0n) is 11.2. The van der Waals surface area contributed by atoms with Crippen molar-refractivity contribution in [1.82, 2.24) is 24.5 Å². The van der Waals surface area contributed by atoms with Crippen LogP contribution in [-0.4, -0.2) is 64.8 Å². The number of nitrogen functional groups attached to an aromatic ring is 1. The maximum absolute atomic E-state index is 12.0. The summed E-state index contributed by atoms with van der Waals surface area (Å²) in [4.78, 5) is 15.6. The largest absolute Gasteiger partial charge is 0.394 e. The zero-order valence-corrected chi connectivity index (χ0v) is 11.2. The van der Waals surface area contributed by atoms with Crippen molar-refractivity contribution in [2.45, 2.75) is 24.5 Å². The fraction of sp³-hybridized carbons (Fsp3) is 0.455. The average Bonchev–Trinajstić information content (AvgIpc) is 3.10. The van der Waals surface area contributed by atoms with Crippen molar-refractivity contribution >= 4 is 5.82 Å². The van der Waals surface area contributed by atoms with E-state index in [9.17, 15) is 15.0 Å². The predicted molar refractivity (Wildman–Crippen MR) is 70.8 cm³/mol. The summed E-state index contributed by atoms with van der Waals surface area (Å²) >= 11 is 0. The molecule has 5 N–H and O–H groups in total. The Morgan fingerprint density at radius 1 is 1.36 bits per heavy atom. The van der Waals surface area contributed by atoms with Crippen LogP contribution < -0.4 is 11.4 Å². The summed E-state index contributed by atoms with van der Waals surface area (Å²) in [5.41, 5.74) is 5.18. The molecule has 4 atom stereocenters. The molecule has 0 bridgehead atoms.